The number of hydrogen-bond donors (Lipinski definition) is 2. The Labute approximate surface area is 171 Å². The number of nitrogens with zero attached hydrogens (tertiary/aromatic N) is 2. The second-order valence-electron chi connectivity index (χ2n) is 7.86. The molecule has 0 spiro atoms. The van der Waals surface area contributed by atoms with E-state index in [2.05, 4.69) is 67.5 Å². The van der Waals surface area contributed by atoms with Crippen molar-refractivity contribution >= 4 is 5.96 Å². The third-order valence-corrected chi connectivity index (χ3v) is 5.23. The van der Waals surface area contributed by atoms with Crippen LogP contribution in [0.5, 0.6) is 0 Å². The highest BCUT2D eigenvalue weighted by molar-refractivity contribution is 5.80. The van der Waals surface area contributed by atoms with Gasteiger partial charge in [0.05, 0.1) is 12.7 Å². The van der Waals surface area contributed by atoms with Gasteiger partial charge in [-0.15, -0.1) is 0 Å². The number of likely N-dealkylation sites (tertiary alicyclic amines) is 1. The largest absolute Gasteiger partial charge is 0.377 e. The van der Waals surface area contributed by atoms with Crippen molar-refractivity contribution < 1.29 is 4.74 Å². The zero-order chi connectivity index (χ0) is 20.2. The van der Waals surface area contributed by atoms with E-state index in [0.717, 1.165) is 71.0 Å². The maximum Gasteiger partial charge on any atom is 0.191 e. The lowest BCUT2D eigenvalue weighted by Crippen LogP contribution is -2.49. The summed E-state index contributed by atoms with van der Waals surface area (Å²) in [6.07, 6.45) is 4.71. The average molecular weight is 389 g/mol. The van der Waals surface area contributed by atoms with E-state index in [4.69, 9.17) is 9.73 Å². The number of piperidine rings is 1. The van der Waals surface area contributed by atoms with Gasteiger partial charge >= 0.3 is 0 Å². The molecule has 5 heteroatoms. The standard InChI is InChI=1S/C23H40N4O/c1-5-20-7-9-21(10-8-20)11-14-25-23(24-6-2)26-22-12-15-27(16-13-22)17-18-28-19(3)4/h7-10,19,22H,5-6,11-18H2,1-4H3,(H2,24,25,26). The summed E-state index contributed by atoms with van der Waals surface area (Å²) < 4.78 is 5.68. The van der Waals surface area contributed by atoms with Crippen LogP contribution in [0.4, 0.5) is 0 Å². The molecule has 0 saturated carbocycles. The first-order valence-corrected chi connectivity index (χ1v) is 11.1. The molecule has 2 rings (SSSR count). The van der Waals surface area contributed by atoms with Gasteiger partial charge in [0.15, 0.2) is 5.96 Å². The first-order chi connectivity index (χ1) is 13.6. The second-order valence-corrected chi connectivity index (χ2v) is 7.86. The molecule has 1 aromatic carbocycles. The highest BCUT2D eigenvalue weighted by atomic mass is 16.5. The van der Waals surface area contributed by atoms with Gasteiger partial charge in [0.2, 0.25) is 0 Å². The number of guanidine groups is 1. The molecule has 0 bridgehead atoms. The van der Waals surface area contributed by atoms with E-state index in [1.54, 1.807) is 0 Å². The average Bonchev–Trinajstić information content (AvgIpc) is 2.70. The van der Waals surface area contributed by atoms with Crippen molar-refractivity contribution in [1.29, 1.82) is 0 Å². The third-order valence-electron chi connectivity index (χ3n) is 5.23. The van der Waals surface area contributed by atoms with Crippen molar-refractivity contribution in [3.05, 3.63) is 35.4 Å². The van der Waals surface area contributed by atoms with E-state index in [0.29, 0.717) is 12.1 Å². The number of aryl methyl sites for hydroxylation is 1. The van der Waals surface area contributed by atoms with Crippen LogP contribution >= 0.6 is 0 Å². The van der Waals surface area contributed by atoms with Crippen LogP contribution in [-0.2, 0) is 17.6 Å². The smallest absolute Gasteiger partial charge is 0.191 e. The van der Waals surface area contributed by atoms with Crippen molar-refractivity contribution in [2.24, 2.45) is 4.99 Å². The lowest BCUT2D eigenvalue weighted by Gasteiger charge is -2.33. The zero-order valence-electron chi connectivity index (χ0n) is 18.3. The Morgan fingerprint density at radius 1 is 1.14 bits per heavy atom. The minimum absolute atomic E-state index is 0.322. The minimum atomic E-state index is 0.322. The van der Waals surface area contributed by atoms with E-state index in [1.165, 1.54) is 11.1 Å². The molecule has 2 N–H and O–H groups in total. The Morgan fingerprint density at radius 2 is 1.82 bits per heavy atom. The molecule has 158 valence electrons. The summed E-state index contributed by atoms with van der Waals surface area (Å²) >= 11 is 0. The van der Waals surface area contributed by atoms with Crippen LogP contribution in [0.3, 0.4) is 0 Å². The lowest BCUT2D eigenvalue weighted by atomic mass is 10.1. The van der Waals surface area contributed by atoms with Crippen molar-refractivity contribution in [2.75, 3.05) is 39.3 Å². The fourth-order valence-electron chi connectivity index (χ4n) is 3.47. The molecule has 0 aromatic heterocycles. The van der Waals surface area contributed by atoms with Crippen molar-refractivity contribution in [3.63, 3.8) is 0 Å². The van der Waals surface area contributed by atoms with Gasteiger partial charge in [-0.2, -0.15) is 0 Å². The van der Waals surface area contributed by atoms with Crippen molar-refractivity contribution in [2.45, 2.75) is 65.5 Å². The molecule has 28 heavy (non-hydrogen) atoms. The summed E-state index contributed by atoms with van der Waals surface area (Å²) in [4.78, 5) is 7.30. The van der Waals surface area contributed by atoms with Gasteiger partial charge in [-0.1, -0.05) is 31.2 Å². The van der Waals surface area contributed by atoms with E-state index >= 15 is 0 Å². The van der Waals surface area contributed by atoms with Gasteiger partial charge in [-0.3, -0.25) is 4.99 Å². The number of rotatable bonds is 10. The molecule has 1 aliphatic rings. The summed E-state index contributed by atoms with van der Waals surface area (Å²) in [6, 6.07) is 9.41. The summed E-state index contributed by atoms with van der Waals surface area (Å²) in [6.45, 7) is 14.3. The molecule has 1 heterocycles. The van der Waals surface area contributed by atoms with E-state index in [9.17, 15) is 0 Å². The van der Waals surface area contributed by atoms with Gasteiger partial charge in [-0.25, -0.2) is 0 Å². The van der Waals surface area contributed by atoms with Gasteiger partial charge in [0.1, 0.15) is 0 Å². The van der Waals surface area contributed by atoms with Gasteiger partial charge in [0.25, 0.3) is 0 Å². The van der Waals surface area contributed by atoms with Crippen LogP contribution in [0, 0.1) is 0 Å². The zero-order valence-corrected chi connectivity index (χ0v) is 18.3. The number of ether oxygens (including phenoxy) is 1. The molecule has 0 aliphatic carbocycles. The summed E-state index contributed by atoms with van der Waals surface area (Å²) in [5.41, 5.74) is 2.75. The molecular weight excluding hydrogens is 348 g/mol. The topological polar surface area (TPSA) is 48.9 Å². The molecule has 5 nitrogen and oxygen atoms in total. The van der Waals surface area contributed by atoms with Crippen LogP contribution < -0.4 is 10.6 Å². The molecule has 1 fully saturated rings. The Hall–Kier alpha value is -1.59. The Kier molecular flexibility index (Phi) is 10.4. The fourth-order valence-corrected chi connectivity index (χ4v) is 3.47. The first kappa shape index (κ1) is 22.7. The number of aliphatic imine (C=N–C) groups is 1. The SMILES string of the molecule is CCNC(=NCCc1ccc(CC)cc1)NC1CCN(CCOC(C)C)CC1. The minimum Gasteiger partial charge on any atom is -0.377 e. The molecule has 0 atom stereocenters. The van der Waals surface area contributed by atoms with Gasteiger partial charge in [0, 0.05) is 38.8 Å². The summed E-state index contributed by atoms with van der Waals surface area (Å²) in [5, 5.41) is 7.03. The summed E-state index contributed by atoms with van der Waals surface area (Å²) in [7, 11) is 0. The van der Waals surface area contributed by atoms with Crippen LogP contribution in [0.2, 0.25) is 0 Å². The van der Waals surface area contributed by atoms with Crippen LogP contribution in [0.25, 0.3) is 0 Å². The van der Waals surface area contributed by atoms with Gasteiger partial charge in [-0.05, 0) is 57.6 Å². The summed E-state index contributed by atoms with van der Waals surface area (Å²) in [5.74, 6) is 0.953. The Balaban J connectivity index is 1.73. The van der Waals surface area contributed by atoms with Crippen LogP contribution in [0.15, 0.2) is 29.3 Å². The predicted octanol–water partition coefficient (Wildman–Crippen LogP) is 3.24. The molecule has 0 unspecified atom stereocenters. The second kappa shape index (κ2) is 12.8. The molecule has 1 saturated heterocycles. The Morgan fingerprint density at radius 3 is 2.43 bits per heavy atom. The van der Waals surface area contributed by atoms with E-state index in [1.807, 2.05) is 0 Å². The molecule has 1 aliphatic heterocycles. The number of benzene rings is 1. The maximum atomic E-state index is 5.68. The number of hydrogen-bond acceptors (Lipinski definition) is 3. The van der Waals surface area contributed by atoms with Crippen molar-refractivity contribution in [3.8, 4) is 0 Å². The molecular formula is C23H40N4O. The Bertz CT molecular complexity index is 562. The quantitative estimate of drug-likeness (QED) is 0.477. The predicted molar refractivity (Wildman–Crippen MR) is 119 cm³/mol. The van der Waals surface area contributed by atoms with Crippen LogP contribution in [0.1, 0.15) is 51.7 Å². The third kappa shape index (κ3) is 8.61. The number of nitrogens with one attached hydrogen (secondary N) is 2. The van der Waals surface area contributed by atoms with E-state index in [-0.39, 0.29) is 0 Å². The molecule has 0 amide bonds. The molecule has 1 aromatic rings. The molecule has 0 radical (unpaired) electrons. The maximum absolute atomic E-state index is 5.68. The highest BCUT2D eigenvalue weighted by Gasteiger charge is 2.19. The first-order valence-electron chi connectivity index (χ1n) is 11.1. The monoisotopic (exact) mass is 388 g/mol. The highest BCUT2D eigenvalue weighted by Crippen LogP contribution is 2.10. The van der Waals surface area contributed by atoms with Crippen LogP contribution in [-0.4, -0.2) is 62.3 Å². The van der Waals surface area contributed by atoms with Gasteiger partial charge < -0.3 is 20.3 Å². The van der Waals surface area contributed by atoms with E-state index < -0.39 is 0 Å². The lowest BCUT2D eigenvalue weighted by molar-refractivity contribution is 0.0532. The normalized spacial score (nSPS) is 16.5. The fraction of sp³-hybridized carbons (Fsp3) is 0.696. The van der Waals surface area contributed by atoms with Crippen molar-refractivity contribution in [1.82, 2.24) is 15.5 Å².